The topological polar surface area (TPSA) is 89.6 Å². The summed E-state index contributed by atoms with van der Waals surface area (Å²) < 4.78 is 27.3. The van der Waals surface area contributed by atoms with Gasteiger partial charge in [-0.1, -0.05) is 0 Å². The Labute approximate surface area is 88.5 Å². The number of sulfonamides is 1. The first-order valence-corrected chi connectivity index (χ1v) is 5.87. The minimum atomic E-state index is -3.82. The molecule has 0 bridgehead atoms. The van der Waals surface area contributed by atoms with Gasteiger partial charge in [0.15, 0.2) is 0 Å². The van der Waals surface area contributed by atoms with E-state index in [1.165, 1.54) is 12.1 Å². The number of nitrogens with two attached hydrogens (primary N) is 1. The van der Waals surface area contributed by atoms with Crippen molar-refractivity contribution in [3.05, 3.63) is 18.2 Å². The third kappa shape index (κ3) is 3.41. The van der Waals surface area contributed by atoms with Gasteiger partial charge in [-0.3, -0.25) is 0 Å². The lowest BCUT2D eigenvalue weighted by atomic mass is 10.3. The van der Waals surface area contributed by atoms with Crippen molar-refractivity contribution in [1.82, 2.24) is 0 Å². The summed E-state index contributed by atoms with van der Waals surface area (Å²) in [7, 11) is -3.82. The maximum Gasteiger partial charge on any atom is 0.238 e. The van der Waals surface area contributed by atoms with Crippen molar-refractivity contribution in [3.63, 3.8) is 0 Å². The fraction of sp³-hybridized carbons (Fsp3) is 0.333. The van der Waals surface area contributed by atoms with Crippen LogP contribution in [0.4, 0.5) is 0 Å². The van der Waals surface area contributed by atoms with Crippen LogP contribution in [0.5, 0.6) is 11.5 Å². The number of ether oxygens (including phenoxy) is 1. The molecule has 0 heterocycles. The van der Waals surface area contributed by atoms with Crippen molar-refractivity contribution in [3.8, 4) is 11.5 Å². The molecule has 0 aliphatic carbocycles. The summed E-state index contributed by atoms with van der Waals surface area (Å²) in [5.41, 5.74) is 0. The van der Waals surface area contributed by atoms with Crippen molar-refractivity contribution in [2.75, 3.05) is 0 Å². The van der Waals surface area contributed by atoms with Crippen LogP contribution in [-0.2, 0) is 10.0 Å². The van der Waals surface area contributed by atoms with E-state index in [1.807, 2.05) is 0 Å². The molecule has 1 rings (SSSR count). The zero-order valence-electron chi connectivity index (χ0n) is 8.47. The third-order valence-electron chi connectivity index (χ3n) is 1.57. The lowest BCUT2D eigenvalue weighted by Gasteiger charge is -2.10. The molecule has 0 unspecified atom stereocenters. The zero-order valence-corrected chi connectivity index (χ0v) is 9.28. The van der Waals surface area contributed by atoms with Crippen LogP contribution >= 0.6 is 0 Å². The van der Waals surface area contributed by atoms with Gasteiger partial charge < -0.3 is 9.84 Å². The summed E-state index contributed by atoms with van der Waals surface area (Å²) in [5, 5.41) is 14.2. The summed E-state index contributed by atoms with van der Waals surface area (Å²) in [5.74, 6) is 0.0752. The smallest absolute Gasteiger partial charge is 0.238 e. The van der Waals surface area contributed by atoms with E-state index in [2.05, 4.69) is 0 Å². The second-order valence-corrected chi connectivity index (χ2v) is 4.94. The van der Waals surface area contributed by atoms with Crippen LogP contribution in [0.25, 0.3) is 0 Å². The predicted molar refractivity (Wildman–Crippen MR) is 55.2 cm³/mol. The SMILES string of the molecule is CC(C)Oc1cc(O)cc(S(N)(=O)=O)c1. The molecule has 0 aliphatic rings. The molecule has 0 aliphatic heterocycles. The molecule has 3 N–H and O–H groups in total. The van der Waals surface area contributed by atoms with E-state index < -0.39 is 10.0 Å². The van der Waals surface area contributed by atoms with Crippen LogP contribution in [0.2, 0.25) is 0 Å². The number of phenols is 1. The first-order valence-electron chi connectivity index (χ1n) is 4.32. The number of rotatable bonds is 3. The van der Waals surface area contributed by atoms with Crippen LogP contribution in [0, 0.1) is 0 Å². The van der Waals surface area contributed by atoms with E-state index in [-0.39, 0.29) is 22.5 Å². The van der Waals surface area contributed by atoms with E-state index in [1.54, 1.807) is 13.8 Å². The van der Waals surface area contributed by atoms with Gasteiger partial charge in [-0.05, 0) is 13.8 Å². The second-order valence-electron chi connectivity index (χ2n) is 3.37. The van der Waals surface area contributed by atoms with Gasteiger partial charge in [-0.15, -0.1) is 0 Å². The van der Waals surface area contributed by atoms with E-state index in [0.29, 0.717) is 0 Å². The summed E-state index contributed by atoms with van der Waals surface area (Å²) in [6.07, 6.45) is -0.111. The van der Waals surface area contributed by atoms with Crippen molar-refractivity contribution < 1.29 is 18.3 Å². The Morgan fingerprint density at radius 1 is 1.33 bits per heavy atom. The highest BCUT2D eigenvalue weighted by Gasteiger charge is 2.11. The molecule has 84 valence electrons. The highest BCUT2D eigenvalue weighted by atomic mass is 32.2. The Balaban J connectivity index is 3.17. The maximum absolute atomic E-state index is 11.0. The van der Waals surface area contributed by atoms with Gasteiger partial charge in [0, 0.05) is 18.2 Å². The molecule has 0 amide bonds. The van der Waals surface area contributed by atoms with E-state index >= 15 is 0 Å². The van der Waals surface area contributed by atoms with Gasteiger partial charge >= 0.3 is 0 Å². The van der Waals surface area contributed by atoms with Gasteiger partial charge in [0.25, 0.3) is 0 Å². The van der Waals surface area contributed by atoms with Crippen molar-refractivity contribution >= 4 is 10.0 Å². The van der Waals surface area contributed by atoms with Crippen LogP contribution in [0.3, 0.4) is 0 Å². The van der Waals surface area contributed by atoms with Crippen LogP contribution < -0.4 is 9.88 Å². The fourth-order valence-corrected chi connectivity index (χ4v) is 1.63. The molecule has 0 saturated heterocycles. The maximum atomic E-state index is 11.0. The molecule has 5 nitrogen and oxygen atoms in total. The lowest BCUT2D eigenvalue weighted by molar-refractivity contribution is 0.241. The van der Waals surface area contributed by atoms with Crippen molar-refractivity contribution in [2.45, 2.75) is 24.8 Å². The molecule has 1 aromatic rings. The van der Waals surface area contributed by atoms with Gasteiger partial charge in [-0.25, -0.2) is 13.6 Å². The van der Waals surface area contributed by atoms with E-state index in [4.69, 9.17) is 9.88 Å². The Kier molecular flexibility index (Phi) is 3.21. The van der Waals surface area contributed by atoms with Gasteiger partial charge in [0.2, 0.25) is 10.0 Å². The van der Waals surface area contributed by atoms with E-state index in [9.17, 15) is 13.5 Å². The quantitative estimate of drug-likeness (QED) is 0.806. The molecule has 0 atom stereocenters. The first-order chi connectivity index (χ1) is 6.79. The molecule has 1 aromatic carbocycles. The number of hydrogen-bond donors (Lipinski definition) is 2. The lowest BCUT2D eigenvalue weighted by Crippen LogP contribution is -2.13. The minimum absolute atomic E-state index is 0.111. The highest BCUT2D eigenvalue weighted by molar-refractivity contribution is 7.89. The molecule has 0 fully saturated rings. The number of hydrogen-bond acceptors (Lipinski definition) is 4. The highest BCUT2D eigenvalue weighted by Crippen LogP contribution is 2.24. The molecule has 6 heteroatoms. The average molecular weight is 231 g/mol. The van der Waals surface area contributed by atoms with Crippen LogP contribution in [0.15, 0.2) is 23.1 Å². The molecule has 0 aromatic heterocycles. The van der Waals surface area contributed by atoms with Crippen molar-refractivity contribution in [1.29, 1.82) is 0 Å². The largest absolute Gasteiger partial charge is 0.508 e. The Bertz CT molecular complexity index is 453. The summed E-state index contributed by atoms with van der Waals surface area (Å²) >= 11 is 0. The zero-order chi connectivity index (χ0) is 11.6. The number of primary sulfonamides is 1. The van der Waals surface area contributed by atoms with Gasteiger partial charge in [0.1, 0.15) is 11.5 Å². The average Bonchev–Trinajstić information content (AvgIpc) is 1.99. The monoisotopic (exact) mass is 231 g/mol. The summed E-state index contributed by atoms with van der Waals surface area (Å²) in [6.45, 7) is 3.58. The number of phenolic OH excluding ortho intramolecular Hbond substituents is 1. The first kappa shape index (κ1) is 11.8. The minimum Gasteiger partial charge on any atom is -0.508 e. The van der Waals surface area contributed by atoms with Gasteiger partial charge in [-0.2, -0.15) is 0 Å². The Morgan fingerprint density at radius 3 is 2.40 bits per heavy atom. The predicted octanol–water partition coefficient (Wildman–Crippen LogP) is 0.827. The molecule has 0 spiro atoms. The number of benzene rings is 1. The second kappa shape index (κ2) is 4.08. The normalized spacial score (nSPS) is 11.7. The summed E-state index contributed by atoms with van der Waals surface area (Å²) in [4.78, 5) is -0.168. The van der Waals surface area contributed by atoms with Crippen molar-refractivity contribution in [2.24, 2.45) is 5.14 Å². The number of aromatic hydroxyl groups is 1. The molecule has 0 saturated carbocycles. The molecule has 15 heavy (non-hydrogen) atoms. The Morgan fingerprint density at radius 2 is 1.93 bits per heavy atom. The molecule has 0 radical (unpaired) electrons. The standard InChI is InChI=1S/C9H13NO4S/c1-6(2)14-8-3-7(11)4-9(5-8)15(10,12)13/h3-6,11H,1-2H3,(H2,10,12,13). The molecular formula is C9H13NO4S. The van der Waals surface area contributed by atoms with Crippen LogP contribution in [0.1, 0.15) is 13.8 Å². The third-order valence-corrected chi connectivity index (χ3v) is 2.46. The summed E-state index contributed by atoms with van der Waals surface area (Å²) in [6, 6.07) is 3.67. The Hall–Kier alpha value is -1.27. The van der Waals surface area contributed by atoms with Gasteiger partial charge in [0.05, 0.1) is 11.0 Å². The molecular weight excluding hydrogens is 218 g/mol. The fourth-order valence-electron chi connectivity index (χ4n) is 1.06. The van der Waals surface area contributed by atoms with E-state index in [0.717, 1.165) is 6.07 Å². The van der Waals surface area contributed by atoms with Crippen LogP contribution in [-0.4, -0.2) is 19.6 Å².